The van der Waals surface area contributed by atoms with E-state index in [-0.39, 0.29) is 11.2 Å². The summed E-state index contributed by atoms with van der Waals surface area (Å²) in [5.41, 5.74) is 0.679. The lowest BCUT2D eigenvalue weighted by Crippen LogP contribution is -2.50. The minimum absolute atomic E-state index is 0.115. The van der Waals surface area contributed by atoms with E-state index in [2.05, 4.69) is 29.5 Å². The molecule has 0 radical (unpaired) electrons. The van der Waals surface area contributed by atoms with Crippen LogP contribution in [0.4, 0.5) is 11.5 Å². The first-order valence-corrected chi connectivity index (χ1v) is 6.57. The van der Waals surface area contributed by atoms with E-state index in [1.165, 1.54) is 19.0 Å². The predicted octanol–water partition coefficient (Wildman–Crippen LogP) is 2.18. The summed E-state index contributed by atoms with van der Waals surface area (Å²) in [6.45, 7) is 6.12. The Morgan fingerprint density at radius 3 is 3.11 bits per heavy atom. The first kappa shape index (κ1) is 13.7. The monoisotopic (exact) mass is 264 g/mol. The second-order valence-corrected chi connectivity index (χ2v) is 5.61. The molecule has 104 valence electrons. The lowest BCUT2D eigenvalue weighted by molar-refractivity contribution is -0.388. The van der Waals surface area contributed by atoms with Crippen LogP contribution in [-0.4, -0.2) is 29.0 Å². The van der Waals surface area contributed by atoms with E-state index >= 15 is 0 Å². The zero-order chi connectivity index (χ0) is 13.9. The Balaban J connectivity index is 2.04. The smallest absolute Gasteiger partial charge is 0.377 e. The van der Waals surface area contributed by atoms with Crippen LogP contribution in [0.5, 0.6) is 0 Å². The summed E-state index contributed by atoms with van der Waals surface area (Å²) in [4.78, 5) is 14.2. The van der Waals surface area contributed by atoms with Crippen molar-refractivity contribution in [3.8, 4) is 0 Å². The number of pyridine rings is 1. The Morgan fingerprint density at radius 2 is 2.42 bits per heavy atom. The summed E-state index contributed by atoms with van der Waals surface area (Å²) in [6.07, 6.45) is 3.78. The van der Waals surface area contributed by atoms with Crippen LogP contribution in [-0.2, 0) is 0 Å². The number of piperidine rings is 1. The highest BCUT2D eigenvalue weighted by molar-refractivity contribution is 5.56. The van der Waals surface area contributed by atoms with Crippen LogP contribution >= 0.6 is 0 Å². The molecule has 0 saturated carbocycles. The molecule has 1 unspecified atom stereocenters. The predicted molar refractivity (Wildman–Crippen MR) is 74.2 cm³/mol. The van der Waals surface area contributed by atoms with Crippen LogP contribution in [0.2, 0.25) is 0 Å². The number of hydrogen-bond donors (Lipinski definition) is 2. The molecular formula is C13H20N4O2. The molecule has 1 aliphatic rings. The van der Waals surface area contributed by atoms with Crippen molar-refractivity contribution >= 4 is 11.5 Å². The summed E-state index contributed by atoms with van der Waals surface area (Å²) in [5.74, 6) is -0.115. The van der Waals surface area contributed by atoms with Crippen molar-refractivity contribution in [3.63, 3.8) is 0 Å². The first-order chi connectivity index (χ1) is 9.00. The quantitative estimate of drug-likeness (QED) is 0.643. The number of nitro groups is 1. The molecule has 1 aromatic rings. The Hall–Kier alpha value is -1.69. The maximum Gasteiger partial charge on any atom is 0.386 e. The fourth-order valence-corrected chi connectivity index (χ4v) is 2.51. The van der Waals surface area contributed by atoms with Gasteiger partial charge in [-0.3, -0.25) is 0 Å². The summed E-state index contributed by atoms with van der Waals surface area (Å²) in [6, 6.07) is 3.71. The molecular weight excluding hydrogens is 244 g/mol. The molecule has 2 heterocycles. The summed E-state index contributed by atoms with van der Waals surface area (Å²) in [5, 5.41) is 17.5. The maximum absolute atomic E-state index is 10.9. The number of anilines is 1. The maximum atomic E-state index is 10.9. The molecule has 6 nitrogen and oxygen atoms in total. The number of nitrogens with zero attached hydrogens (tertiary/aromatic N) is 2. The normalized spacial score (nSPS) is 21.9. The second-order valence-electron chi connectivity index (χ2n) is 5.61. The van der Waals surface area contributed by atoms with Crippen LogP contribution in [0, 0.1) is 15.5 Å². The van der Waals surface area contributed by atoms with Crippen LogP contribution in [0.25, 0.3) is 0 Å². The van der Waals surface area contributed by atoms with Gasteiger partial charge in [-0.25, -0.2) is 0 Å². The number of aromatic nitrogens is 1. The van der Waals surface area contributed by atoms with Gasteiger partial charge in [0.05, 0.1) is 0 Å². The Morgan fingerprint density at radius 1 is 1.63 bits per heavy atom. The van der Waals surface area contributed by atoms with Gasteiger partial charge in [-0.2, -0.15) is 0 Å². The molecule has 19 heavy (non-hydrogen) atoms. The van der Waals surface area contributed by atoms with Crippen LogP contribution in [0.3, 0.4) is 0 Å². The van der Waals surface area contributed by atoms with Gasteiger partial charge in [-0.1, -0.05) is 13.8 Å². The molecule has 0 bridgehead atoms. The van der Waals surface area contributed by atoms with E-state index in [1.54, 1.807) is 12.1 Å². The van der Waals surface area contributed by atoms with Gasteiger partial charge in [0.2, 0.25) is 0 Å². The molecule has 1 aromatic heterocycles. The third-order valence-corrected chi connectivity index (χ3v) is 3.79. The highest BCUT2D eigenvalue weighted by atomic mass is 16.6. The van der Waals surface area contributed by atoms with Crippen molar-refractivity contribution < 1.29 is 4.92 Å². The second kappa shape index (κ2) is 5.52. The average molecular weight is 264 g/mol. The lowest BCUT2D eigenvalue weighted by atomic mass is 9.77. The summed E-state index contributed by atoms with van der Waals surface area (Å²) < 4.78 is 0. The third kappa shape index (κ3) is 3.20. The first-order valence-electron chi connectivity index (χ1n) is 6.57. The van der Waals surface area contributed by atoms with Gasteiger partial charge in [-0.05, 0) is 46.8 Å². The molecule has 2 N–H and O–H groups in total. The Bertz CT molecular complexity index is 462. The fraction of sp³-hybridized carbons (Fsp3) is 0.615. The molecule has 1 fully saturated rings. The lowest BCUT2D eigenvalue weighted by Gasteiger charge is -2.39. The van der Waals surface area contributed by atoms with Crippen molar-refractivity contribution in [2.45, 2.75) is 32.7 Å². The van der Waals surface area contributed by atoms with Crippen molar-refractivity contribution in [2.24, 2.45) is 5.41 Å². The minimum Gasteiger partial charge on any atom is -0.377 e. The molecule has 1 atom stereocenters. The van der Waals surface area contributed by atoms with Crippen molar-refractivity contribution in [1.29, 1.82) is 0 Å². The van der Waals surface area contributed by atoms with Gasteiger partial charge < -0.3 is 20.7 Å². The minimum atomic E-state index is -0.457. The molecule has 2 rings (SSSR count). The van der Waals surface area contributed by atoms with E-state index in [4.69, 9.17) is 0 Å². The number of nitrogens with one attached hydrogen (secondary N) is 2. The molecule has 0 amide bonds. The summed E-state index contributed by atoms with van der Waals surface area (Å²) in [7, 11) is 0. The molecule has 1 aliphatic heterocycles. The van der Waals surface area contributed by atoms with Crippen molar-refractivity contribution in [2.75, 3.05) is 18.4 Å². The van der Waals surface area contributed by atoms with E-state index in [0.29, 0.717) is 18.3 Å². The highest BCUT2D eigenvalue weighted by Gasteiger charge is 2.32. The standard InChI is InChI=1S/C13H20N4O2/c1-13(2)6-4-8-14-11(13)9-16-10-5-3-7-15-12(10)17(18)19/h3,5,7,11,14,16H,4,6,8-9H2,1-2H3. The van der Waals surface area contributed by atoms with Crippen molar-refractivity contribution in [1.82, 2.24) is 10.3 Å². The highest BCUT2D eigenvalue weighted by Crippen LogP contribution is 2.30. The topological polar surface area (TPSA) is 80.1 Å². The third-order valence-electron chi connectivity index (χ3n) is 3.79. The van der Waals surface area contributed by atoms with Gasteiger partial charge in [-0.15, -0.1) is 0 Å². The fourth-order valence-electron chi connectivity index (χ4n) is 2.51. The average Bonchev–Trinajstić information content (AvgIpc) is 2.37. The van der Waals surface area contributed by atoms with Crippen molar-refractivity contribution in [3.05, 3.63) is 28.4 Å². The van der Waals surface area contributed by atoms with E-state index in [9.17, 15) is 10.1 Å². The van der Waals surface area contributed by atoms with Gasteiger partial charge in [0.15, 0.2) is 0 Å². The SMILES string of the molecule is CC1(C)CCCNC1CNc1cccnc1[N+](=O)[O-]. The molecule has 0 aliphatic carbocycles. The Labute approximate surface area is 112 Å². The van der Waals surface area contributed by atoms with E-state index < -0.39 is 4.92 Å². The molecule has 0 aromatic carbocycles. The molecule has 0 spiro atoms. The zero-order valence-corrected chi connectivity index (χ0v) is 11.3. The number of hydrogen-bond acceptors (Lipinski definition) is 5. The zero-order valence-electron chi connectivity index (χ0n) is 11.3. The largest absolute Gasteiger partial charge is 0.386 e. The summed E-state index contributed by atoms with van der Waals surface area (Å²) >= 11 is 0. The van der Waals surface area contributed by atoms with Crippen LogP contribution < -0.4 is 10.6 Å². The van der Waals surface area contributed by atoms with Crippen LogP contribution in [0.1, 0.15) is 26.7 Å². The molecule has 6 heteroatoms. The number of rotatable bonds is 4. The molecule has 1 saturated heterocycles. The van der Waals surface area contributed by atoms with E-state index in [1.807, 2.05) is 0 Å². The van der Waals surface area contributed by atoms with Gasteiger partial charge in [0, 0.05) is 12.6 Å². The Kier molecular flexibility index (Phi) is 3.99. The van der Waals surface area contributed by atoms with Crippen LogP contribution in [0.15, 0.2) is 18.3 Å². The van der Waals surface area contributed by atoms with Gasteiger partial charge in [0.25, 0.3) is 0 Å². The van der Waals surface area contributed by atoms with Gasteiger partial charge >= 0.3 is 5.82 Å². The van der Waals surface area contributed by atoms with E-state index in [0.717, 1.165) is 6.54 Å². The van der Waals surface area contributed by atoms with Gasteiger partial charge in [0.1, 0.15) is 11.9 Å².